The number of hydrogen-bond donors (Lipinski definition) is 2. The van der Waals surface area contributed by atoms with Crippen LogP contribution in [-0.4, -0.2) is 28.4 Å². The van der Waals surface area contributed by atoms with Gasteiger partial charge in [-0.05, 0) is 43.1 Å². The highest BCUT2D eigenvalue weighted by molar-refractivity contribution is 7.80. The van der Waals surface area contributed by atoms with Crippen molar-refractivity contribution in [2.24, 2.45) is 11.5 Å². The van der Waals surface area contributed by atoms with Gasteiger partial charge in [0.05, 0.1) is 6.04 Å². The van der Waals surface area contributed by atoms with Crippen LogP contribution in [0.4, 0.5) is 4.39 Å². The summed E-state index contributed by atoms with van der Waals surface area (Å²) in [5.74, 6) is -0.675. The Hall–Kier alpha value is -1.53. The quantitative estimate of drug-likeness (QED) is 0.821. The fourth-order valence-corrected chi connectivity index (χ4v) is 2.85. The Bertz CT molecular complexity index is 535. The lowest BCUT2D eigenvalue weighted by molar-refractivity contribution is -0.124. The first-order valence-corrected chi connectivity index (χ1v) is 7.01. The van der Waals surface area contributed by atoms with E-state index in [2.05, 4.69) is 0 Å². The van der Waals surface area contributed by atoms with Gasteiger partial charge in [0.25, 0.3) is 0 Å². The summed E-state index contributed by atoms with van der Waals surface area (Å²) in [5, 5.41) is 0. The number of hydrogen-bond acceptors (Lipinski definition) is 3. The average molecular weight is 295 g/mol. The number of rotatable bonds is 4. The molecule has 1 aromatic rings. The molecule has 4 N–H and O–H groups in total. The summed E-state index contributed by atoms with van der Waals surface area (Å²) in [5.41, 5.74) is 12.4. The molecule has 1 aromatic carbocycles. The second-order valence-electron chi connectivity index (χ2n) is 5.05. The zero-order valence-electron chi connectivity index (χ0n) is 11.1. The van der Waals surface area contributed by atoms with Crippen LogP contribution in [0.1, 0.15) is 30.4 Å². The zero-order chi connectivity index (χ0) is 14.7. The van der Waals surface area contributed by atoms with Crippen molar-refractivity contribution < 1.29 is 9.18 Å². The number of benzene rings is 1. The van der Waals surface area contributed by atoms with Crippen LogP contribution in [0.25, 0.3) is 0 Å². The minimum atomic E-state index is -0.340. The van der Waals surface area contributed by atoms with E-state index >= 15 is 0 Å². The van der Waals surface area contributed by atoms with Crippen molar-refractivity contribution in [2.75, 3.05) is 6.54 Å². The highest BCUT2D eigenvalue weighted by Gasteiger charge is 2.27. The Labute approximate surface area is 122 Å². The van der Waals surface area contributed by atoms with Crippen LogP contribution in [0.15, 0.2) is 18.2 Å². The first kappa shape index (κ1) is 14.9. The molecule has 4 nitrogen and oxygen atoms in total. The molecule has 1 fully saturated rings. The van der Waals surface area contributed by atoms with E-state index in [1.807, 2.05) is 4.90 Å². The van der Waals surface area contributed by atoms with Gasteiger partial charge in [0.2, 0.25) is 5.91 Å². The van der Waals surface area contributed by atoms with Crippen molar-refractivity contribution >= 4 is 23.1 Å². The van der Waals surface area contributed by atoms with Gasteiger partial charge in [0, 0.05) is 12.1 Å². The molecule has 6 heteroatoms. The molecule has 1 aliphatic rings. The molecule has 1 atom stereocenters. The first-order valence-electron chi connectivity index (χ1n) is 6.60. The Morgan fingerprint density at radius 2 is 2.15 bits per heavy atom. The van der Waals surface area contributed by atoms with E-state index in [1.165, 1.54) is 12.1 Å². The standard InChI is InChI=1S/C14H18FN3OS/c15-10-4-5-11(14(17)20)9(7-10)8-18-6-2-1-3-12(18)13(16)19/h4-5,7,12H,1-3,6,8H2,(H2,16,19)(H2,17,20). The van der Waals surface area contributed by atoms with Gasteiger partial charge in [0.15, 0.2) is 0 Å². The van der Waals surface area contributed by atoms with E-state index in [4.69, 9.17) is 23.7 Å². The van der Waals surface area contributed by atoms with Crippen LogP contribution < -0.4 is 11.5 Å². The summed E-state index contributed by atoms with van der Waals surface area (Å²) in [4.78, 5) is 13.7. The maximum atomic E-state index is 13.4. The maximum Gasteiger partial charge on any atom is 0.234 e. The van der Waals surface area contributed by atoms with Crippen molar-refractivity contribution in [3.63, 3.8) is 0 Å². The number of nitrogens with zero attached hydrogens (tertiary/aromatic N) is 1. The molecule has 1 amide bonds. The lowest BCUT2D eigenvalue weighted by atomic mass is 9.99. The minimum absolute atomic E-state index is 0.229. The summed E-state index contributed by atoms with van der Waals surface area (Å²) < 4.78 is 13.4. The highest BCUT2D eigenvalue weighted by Crippen LogP contribution is 2.21. The van der Waals surface area contributed by atoms with E-state index in [0.717, 1.165) is 25.8 Å². The van der Waals surface area contributed by atoms with Gasteiger partial charge in [-0.3, -0.25) is 9.69 Å². The Balaban J connectivity index is 2.25. The molecule has 0 saturated carbocycles. The van der Waals surface area contributed by atoms with Gasteiger partial charge in [0.1, 0.15) is 10.8 Å². The summed E-state index contributed by atoms with van der Waals surface area (Å²) in [7, 11) is 0. The SMILES string of the molecule is NC(=O)C1CCCCN1Cc1cc(F)ccc1C(N)=S. The number of halogens is 1. The molecular formula is C14H18FN3OS. The van der Waals surface area contributed by atoms with Crippen LogP contribution in [-0.2, 0) is 11.3 Å². The Morgan fingerprint density at radius 3 is 2.80 bits per heavy atom. The molecule has 0 bridgehead atoms. The lowest BCUT2D eigenvalue weighted by Gasteiger charge is -2.34. The average Bonchev–Trinajstić information content (AvgIpc) is 2.38. The second-order valence-corrected chi connectivity index (χ2v) is 5.49. The molecule has 108 valence electrons. The molecule has 20 heavy (non-hydrogen) atoms. The molecule has 1 heterocycles. The van der Waals surface area contributed by atoms with E-state index in [-0.39, 0.29) is 22.8 Å². The number of thiocarbonyl (C=S) groups is 1. The zero-order valence-corrected chi connectivity index (χ0v) is 12.0. The maximum absolute atomic E-state index is 13.4. The van der Waals surface area contributed by atoms with E-state index in [0.29, 0.717) is 17.7 Å². The van der Waals surface area contributed by atoms with Gasteiger partial charge < -0.3 is 11.5 Å². The second kappa shape index (κ2) is 6.28. The van der Waals surface area contributed by atoms with Crippen LogP contribution in [0, 0.1) is 5.82 Å². The molecule has 0 spiro atoms. The number of piperidine rings is 1. The highest BCUT2D eigenvalue weighted by atomic mass is 32.1. The van der Waals surface area contributed by atoms with Gasteiger partial charge >= 0.3 is 0 Å². The van der Waals surface area contributed by atoms with Gasteiger partial charge in [-0.1, -0.05) is 18.6 Å². The fraction of sp³-hybridized carbons (Fsp3) is 0.429. The largest absolute Gasteiger partial charge is 0.389 e. The number of nitrogens with two attached hydrogens (primary N) is 2. The third-order valence-electron chi connectivity index (χ3n) is 3.65. The van der Waals surface area contributed by atoms with Crippen molar-refractivity contribution in [3.8, 4) is 0 Å². The van der Waals surface area contributed by atoms with Crippen molar-refractivity contribution in [2.45, 2.75) is 31.8 Å². The van der Waals surface area contributed by atoms with Crippen LogP contribution in [0.5, 0.6) is 0 Å². The minimum Gasteiger partial charge on any atom is -0.389 e. The number of carbonyl (C=O) groups excluding carboxylic acids is 1. The van der Waals surface area contributed by atoms with Crippen LogP contribution >= 0.6 is 12.2 Å². The van der Waals surface area contributed by atoms with Gasteiger partial charge in [-0.2, -0.15) is 0 Å². The van der Waals surface area contributed by atoms with Gasteiger partial charge in [-0.15, -0.1) is 0 Å². The molecule has 1 aliphatic heterocycles. The number of likely N-dealkylation sites (tertiary alicyclic amines) is 1. The monoisotopic (exact) mass is 295 g/mol. The van der Waals surface area contributed by atoms with Crippen molar-refractivity contribution in [1.82, 2.24) is 4.90 Å². The summed E-state index contributed by atoms with van der Waals surface area (Å²) in [6.45, 7) is 1.19. The summed E-state index contributed by atoms with van der Waals surface area (Å²) in [6.07, 6.45) is 2.73. The molecule has 1 saturated heterocycles. The summed E-state index contributed by atoms with van der Waals surface area (Å²) in [6, 6.07) is 4.03. The molecule has 2 rings (SSSR count). The molecule has 1 unspecified atom stereocenters. The van der Waals surface area contributed by atoms with E-state index in [9.17, 15) is 9.18 Å². The predicted molar refractivity (Wildman–Crippen MR) is 79.5 cm³/mol. The number of carbonyl (C=O) groups is 1. The predicted octanol–water partition coefficient (Wildman–Crippen LogP) is 1.30. The third-order valence-corrected chi connectivity index (χ3v) is 3.87. The van der Waals surface area contributed by atoms with E-state index in [1.54, 1.807) is 6.07 Å². The fourth-order valence-electron chi connectivity index (χ4n) is 2.65. The third kappa shape index (κ3) is 3.32. The normalized spacial score (nSPS) is 19.8. The molecule has 0 radical (unpaired) electrons. The summed E-state index contributed by atoms with van der Waals surface area (Å²) >= 11 is 4.99. The smallest absolute Gasteiger partial charge is 0.234 e. The molecule has 0 aliphatic carbocycles. The topological polar surface area (TPSA) is 72.4 Å². The number of amides is 1. The number of primary amides is 1. The Morgan fingerprint density at radius 1 is 1.40 bits per heavy atom. The lowest BCUT2D eigenvalue weighted by Crippen LogP contribution is -2.47. The van der Waals surface area contributed by atoms with Gasteiger partial charge in [-0.25, -0.2) is 4.39 Å². The van der Waals surface area contributed by atoms with Crippen molar-refractivity contribution in [3.05, 3.63) is 35.1 Å². The van der Waals surface area contributed by atoms with Crippen molar-refractivity contribution in [1.29, 1.82) is 0 Å². The first-order chi connectivity index (χ1) is 9.49. The van der Waals surface area contributed by atoms with E-state index < -0.39 is 0 Å². The molecule has 0 aromatic heterocycles. The van der Waals surface area contributed by atoms with Crippen LogP contribution in [0.3, 0.4) is 0 Å². The Kier molecular flexibility index (Phi) is 4.67. The van der Waals surface area contributed by atoms with Crippen LogP contribution in [0.2, 0.25) is 0 Å². The molecular weight excluding hydrogens is 277 g/mol.